The molecule has 1 aliphatic heterocycles. The smallest absolute Gasteiger partial charge is 0.407 e. The van der Waals surface area contributed by atoms with E-state index in [9.17, 15) is 13.2 Å². The van der Waals surface area contributed by atoms with Crippen molar-refractivity contribution < 1.29 is 22.4 Å². The van der Waals surface area contributed by atoms with Crippen LogP contribution in [0.3, 0.4) is 0 Å². The summed E-state index contributed by atoms with van der Waals surface area (Å²) in [6.45, 7) is 0.416. The summed E-state index contributed by atoms with van der Waals surface area (Å²) in [4.78, 5) is 11.8. The van der Waals surface area contributed by atoms with Crippen molar-refractivity contribution in [3.05, 3.63) is 53.6 Å². The lowest BCUT2D eigenvalue weighted by atomic mass is 10.3. The molecule has 2 N–H and O–H groups in total. The highest BCUT2D eigenvalue weighted by Crippen LogP contribution is 2.33. The largest absolute Gasteiger partial charge is 0.443 e. The number of alkyl carbamates (subject to hydrolysis) is 1. The number of cyclic esters (lactones) is 1. The number of nitrogens with one attached hydrogen (secondary N) is 2. The molecule has 7 nitrogen and oxygen atoms in total. The quantitative estimate of drug-likeness (QED) is 0.562. The lowest BCUT2D eigenvalue weighted by molar-refractivity contribution is 0.150. The van der Waals surface area contributed by atoms with Gasteiger partial charge in [0, 0.05) is 27.1 Å². The topological polar surface area (TPSA) is 97.6 Å². The van der Waals surface area contributed by atoms with E-state index in [-0.39, 0.29) is 11.2 Å². The Balaban J connectivity index is 1.57. The number of anilines is 1. The number of carbonyl (C=O) groups is 1. The van der Waals surface area contributed by atoms with Gasteiger partial charge in [0.1, 0.15) is 11.7 Å². The molecule has 1 saturated heterocycles. The molecule has 0 radical (unpaired) electrons. The average Bonchev–Trinajstić information content (AvgIpc) is 3.27. The molecule has 1 atom stereocenters. The number of fused-ring (bicyclic) bond motifs is 1. The number of furan rings is 1. The summed E-state index contributed by atoms with van der Waals surface area (Å²) in [6, 6.07) is 13.4. The molecule has 2 heterocycles. The number of halogens is 1. The van der Waals surface area contributed by atoms with E-state index in [1.54, 1.807) is 36.4 Å². The third kappa shape index (κ3) is 4.06. The second-order valence-corrected chi connectivity index (χ2v) is 9.18. The second kappa shape index (κ2) is 7.57. The molecule has 0 bridgehead atoms. The van der Waals surface area contributed by atoms with Crippen molar-refractivity contribution in [1.82, 2.24) is 5.32 Å². The van der Waals surface area contributed by atoms with Gasteiger partial charge in [-0.1, -0.05) is 29.8 Å². The maximum absolute atomic E-state index is 12.8. The number of para-hydroxylation sites is 1. The van der Waals surface area contributed by atoms with Crippen molar-refractivity contribution in [3.8, 4) is 0 Å². The second-order valence-electron chi connectivity index (χ2n) is 6.07. The molecule has 0 spiro atoms. The number of hydrogen-bond acceptors (Lipinski definition) is 6. The van der Waals surface area contributed by atoms with Crippen LogP contribution in [0.15, 0.2) is 62.9 Å². The first-order valence-corrected chi connectivity index (χ1v) is 11.1. The highest BCUT2D eigenvalue weighted by Gasteiger charge is 2.24. The van der Waals surface area contributed by atoms with Crippen LogP contribution in [-0.2, 0) is 14.8 Å². The van der Waals surface area contributed by atoms with Crippen molar-refractivity contribution in [2.24, 2.45) is 0 Å². The van der Waals surface area contributed by atoms with E-state index in [0.29, 0.717) is 38.9 Å². The van der Waals surface area contributed by atoms with Crippen LogP contribution >= 0.6 is 23.4 Å². The number of rotatable bonds is 6. The molecular weight excluding hydrogens is 424 g/mol. The first-order chi connectivity index (χ1) is 13.4. The van der Waals surface area contributed by atoms with Gasteiger partial charge in [-0.15, -0.1) is 11.8 Å². The zero-order valence-corrected chi connectivity index (χ0v) is 16.7. The number of ether oxygens (including phenoxy) is 1. The van der Waals surface area contributed by atoms with E-state index in [0.717, 1.165) is 0 Å². The van der Waals surface area contributed by atoms with Gasteiger partial charge in [0.25, 0.3) is 10.0 Å². The van der Waals surface area contributed by atoms with Crippen molar-refractivity contribution in [2.45, 2.75) is 16.1 Å². The van der Waals surface area contributed by atoms with Crippen LogP contribution in [0.5, 0.6) is 0 Å². The fourth-order valence-electron chi connectivity index (χ4n) is 2.70. The molecule has 2 aromatic carbocycles. The number of thioether (sulfide) groups is 1. The highest BCUT2D eigenvalue weighted by molar-refractivity contribution is 7.99. The Kier molecular flexibility index (Phi) is 5.13. The average molecular weight is 439 g/mol. The van der Waals surface area contributed by atoms with Crippen LogP contribution in [0.2, 0.25) is 5.02 Å². The lowest BCUT2D eigenvalue weighted by Gasteiger charge is -2.13. The number of hydrogen-bond donors (Lipinski definition) is 2. The SMILES string of the molecule is O=C1NCC(CSc2ccc(Cl)cc2NS(=O)(=O)c2cc3ccccc3o2)O1. The Morgan fingerprint density at radius 2 is 2.04 bits per heavy atom. The molecule has 146 valence electrons. The van der Waals surface area contributed by atoms with Crippen LogP contribution in [0.25, 0.3) is 11.0 Å². The van der Waals surface area contributed by atoms with Crippen LogP contribution in [0, 0.1) is 0 Å². The summed E-state index contributed by atoms with van der Waals surface area (Å²) in [7, 11) is -3.95. The summed E-state index contributed by atoms with van der Waals surface area (Å²) in [5.41, 5.74) is 0.814. The minimum Gasteiger partial charge on any atom is -0.443 e. The van der Waals surface area contributed by atoms with Gasteiger partial charge >= 0.3 is 6.09 Å². The van der Waals surface area contributed by atoms with E-state index >= 15 is 0 Å². The zero-order valence-electron chi connectivity index (χ0n) is 14.3. The molecule has 1 aromatic heterocycles. The number of benzene rings is 2. The van der Waals surface area contributed by atoms with Crippen molar-refractivity contribution in [3.63, 3.8) is 0 Å². The monoisotopic (exact) mass is 438 g/mol. The molecule has 4 rings (SSSR count). The van der Waals surface area contributed by atoms with Gasteiger partial charge < -0.3 is 14.5 Å². The molecule has 0 saturated carbocycles. The van der Waals surface area contributed by atoms with Gasteiger partial charge in [-0.25, -0.2) is 4.79 Å². The van der Waals surface area contributed by atoms with Crippen molar-refractivity contribution in [1.29, 1.82) is 0 Å². The lowest BCUT2D eigenvalue weighted by Crippen LogP contribution is -2.17. The van der Waals surface area contributed by atoms with Gasteiger partial charge in [-0.3, -0.25) is 4.72 Å². The Labute approximate surface area is 170 Å². The van der Waals surface area contributed by atoms with E-state index in [1.807, 2.05) is 0 Å². The maximum Gasteiger partial charge on any atom is 0.407 e. The zero-order chi connectivity index (χ0) is 19.7. The molecule has 1 unspecified atom stereocenters. The van der Waals surface area contributed by atoms with Crippen molar-refractivity contribution >= 4 is 56.1 Å². The standard InChI is InChI=1S/C18H15ClN2O5S2/c19-12-5-6-16(27-10-13-9-20-18(22)25-13)14(8-12)21-28(23,24)17-7-11-3-1-2-4-15(11)26-17/h1-8,13,21H,9-10H2,(H,20,22). The maximum atomic E-state index is 12.8. The Morgan fingerprint density at radius 3 is 2.79 bits per heavy atom. The minimum absolute atomic E-state index is 0.182. The molecule has 1 fully saturated rings. The van der Waals surface area contributed by atoms with E-state index < -0.39 is 16.1 Å². The summed E-state index contributed by atoms with van der Waals surface area (Å²) in [5.74, 6) is 0.472. The summed E-state index contributed by atoms with van der Waals surface area (Å²) >= 11 is 7.42. The summed E-state index contributed by atoms with van der Waals surface area (Å²) in [6.07, 6.45) is -0.736. The molecule has 3 aromatic rings. The number of sulfonamides is 1. The Bertz CT molecular complexity index is 1110. The summed E-state index contributed by atoms with van der Waals surface area (Å²) in [5, 5.41) is 3.48. The number of amides is 1. The van der Waals surface area contributed by atoms with E-state index in [1.165, 1.54) is 23.9 Å². The molecule has 10 heteroatoms. The molecular formula is C18H15ClN2O5S2. The van der Waals surface area contributed by atoms with Gasteiger partial charge in [-0.2, -0.15) is 8.42 Å². The first-order valence-electron chi connectivity index (χ1n) is 8.29. The van der Waals surface area contributed by atoms with Gasteiger partial charge in [0.15, 0.2) is 0 Å². The predicted molar refractivity (Wildman–Crippen MR) is 107 cm³/mol. The summed E-state index contributed by atoms with van der Waals surface area (Å²) < 4.78 is 38.7. The molecule has 1 amide bonds. The fourth-order valence-corrected chi connectivity index (χ4v) is 4.96. The van der Waals surface area contributed by atoms with E-state index in [2.05, 4.69) is 10.0 Å². The van der Waals surface area contributed by atoms with Crippen LogP contribution < -0.4 is 10.0 Å². The molecule has 1 aliphatic rings. The first kappa shape index (κ1) is 19.0. The van der Waals surface area contributed by atoms with Gasteiger partial charge in [-0.05, 0) is 24.3 Å². The highest BCUT2D eigenvalue weighted by atomic mass is 35.5. The normalized spacial score (nSPS) is 16.8. The van der Waals surface area contributed by atoms with Crippen LogP contribution in [-0.4, -0.2) is 32.9 Å². The Morgan fingerprint density at radius 1 is 1.21 bits per heavy atom. The fraction of sp³-hybridized carbons (Fsp3) is 0.167. The number of carbonyl (C=O) groups excluding carboxylic acids is 1. The van der Waals surface area contributed by atoms with Gasteiger partial charge in [0.2, 0.25) is 5.09 Å². The predicted octanol–water partition coefficient (Wildman–Crippen LogP) is 4.09. The van der Waals surface area contributed by atoms with Gasteiger partial charge in [0.05, 0.1) is 12.2 Å². The van der Waals surface area contributed by atoms with Crippen molar-refractivity contribution in [2.75, 3.05) is 17.0 Å². The third-order valence-corrected chi connectivity index (χ3v) is 6.69. The molecule has 0 aliphatic carbocycles. The van der Waals surface area contributed by atoms with E-state index in [4.69, 9.17) is 20.8 Å². The third-order valence-electron chi connectivity index (χ3n) is 4.03. The van der Waals surface area contributed by atoms with Crippen LogP contribution in [0.4, 0.5) is 10.5 Å². The van der Waals surface area contributed by atoms with Crippen LogP contribution in [0.1, 0.15) is 0 Å². The minimum atomic E-state index is -3.95. The Hall–Kier alpha value is -2.36. The molecule has 28 heavy (non-hydrogen) atoms.